The van der Waals surface area contributed by atoms with Gasteiger partial charge in [-0.1, -0.05) is 62.4 Å². The Kier molecular flexibility index (Phi) is 6.94. The van der Waals surface area contributed by atoms with E-state index in [9.17, 15) is 9.59 Å². The lowest BCUT2D eigenvalue weighted by atomic mass is 10.1. The van der Waals surface area contributed by atoms with E-state index in [1.165, 1.54) is 11.8 Å². The van der Waals surface area contributed by atoms with E-state index in [0.717, 1.165) is 41.4 Å². The summed E-state index contributed by atoms with van der Waals surface area (Å²) in [5.74, 6) is 0.624. The van der Waals surface area contributed by atoms with Gasteiger partial charge in [-0.25, -0.2) is 4.98 Å². The van der Waals surface area contributed by atoms with E-state index in [1.807, 2.05) is 36.9 Å². The Hall–Kier alpha value is -2.08. The van der Waals surface area contributed by atoms with E-state index in [1.54, 1.807) is 4.57 Å². The van der Waals surface area contributed by atoms with Crippen LogP contribution < -0.4 is 5.56 Å². The molecule has 1 aromatic heterocycles. The van der Waals surface area contributed by atoms with Crippen molar-refractivity contribution in [2.45, 2.75) is 58.3 Å². The molecule has 150 valence electrons. The molecule has 2 aromatic rings. The van der Waals surface area contributed by atoms with Gasteiger partial charge in [0.25, 0.3) is 5.56 Å². The van der Waals surface area contributed by atoms with Crippen LogP contribution in [0.1, 0.15) is 43.5 Å². The molecule has 1 aromatic carbocycles. The Morgan fingerprint density at radius 3 is 2.71 bits per heavy atom. The van der Waals surface area contributed by atoms with Crippen molar-refractivity contribution in [2.24, 2.45) is 5.92 Å². The second-order valence-electron chi connectivity index (χ2n) is 7.33. The highest BCUT2D eigenvalue weighted by atomic mass is 32.2. The third kappa shape index (κ3) is 4.49. The van der Waals surface area contributed by atoms with Gasteiger partial charge in [0.05, 0.1) is 5.92 Å². The summed E-state index contributed by atoms with van der Waals surface area (Å²) in [6, 6.07) is 10.1. The number of rotatable bonds is 7. The summed E-state index contributed by atoms with van der Waals surface area (Å²) in [5, 5.41) is 0.743. The maximum absolute atomic E-state index is 13.3. The summed E-state index contributed by atoms with van der Waals surface area (Å²) in [6.07, 6.45) is 2.69. The second-order valence-corrected chi connectivity index (χ2v) is 8.32. The Morgan fingerprint density at radius 2 is 2.04 bits per heavy atom. The molecule has 2 heterocycles. The molecule has 1 aliphatic heterocycles. The molecule has 0 bridgehead atoms. The van der Waals surface area contributed by atoms with Crippen molar-refractivity contribution in [1.29, 1.82) is 0 Å². The molecule has 0 spiro atoms. The molecule has 0 aliphatic carbocycles. The number of nitrogens with zero attached hydrogens (tertiary/aromatic N) is 3. The highest BCUT2D eigenvalue weighted by Gasteiger charge is 2.30. The molecular weight excluding hydrogens is 370 g/mol. The van der Waals surface area contributed by atoms with Crippen LogP contribution in [0.3, 0.4) is 0 Å². The predicted molar refractivity (Wildman–Crippen MR) is 114 cm³/mol. The minimum absolute atomic E-state index is 0.0122. The molecule has 1 aliphatic rings. The van der Waals surface area contributed by atoms with Crippen molar-refractivity contribution in [3.05, 3.63) is 57.5 Å². The Morgan fingerprint density at radius 1 is 1.29 bits per heavy atom. The number of aryl methyl sites for hydroxylation is 1. The lowest BCUT2D eigenvalue weighted by molar-refractivity contribution is -0.136. The fourth-order valence-electron chi connectivity index (χ4n) is 3.63. The number of carbonyl (C=O) groups is 1. The van der Waals surface area contributed by atoms with Gasteiger partial charge < -0.3 is 4.90 Å². The molecular formula is C22H29N3O2S. The molecule has 1 unspecified atom stereocenters. The maximum atomic E-state index is 13.3. The van der Waals surface area contributed by atoms with Gasteiger partial charge in [0.2, 0.25) is 5.91 Å². The largest absolute Gasteiger partial charge is 0.338 e. The average Bonchev–Trinajstić information content (AvgIpc) is 2.71. The molecule has 0 N–H and O–H groups in total. The standard InChI is InChI=1S/C22H29N3O2S/c1-4-6-12-24(13-17-10-8-7-9-11-17)20(26)18-14-25-21(27)19(5-2)16(3)23-22(25)28-15-18/h7-11,18H,4-6,12-15H2,1-3H3. The first-order valence-electron chi connectivity index (χ1n) is 10.1. The Bertz CT molecular complexity index is 879. The van der Waals surface area contributed by atoms with Gasteiger partial charge in [0, 0.05) is 36.6 Å². The third-order valence-corrected chi connectivity index (χ3v) is 6.40. The van der Waals surface area contributed by atoms with Crippen LogP contribution in [-0.4, -0.2) is 32.7 Å². The number of aromatic nitrogens is 2. The molecule has 1 atom stereocenters. The molecule has 1 amide bonds. The highest BCUT2D eigenvalue weighted by molar-refractivity contribution is 7.99. The second kappa shape index (κ2) is 9.41. The van der Waals surface area contributed by atoms with E-state index < -0.39 is 0 Å². The topological polar surface area (TPSA) is 55.2 Å². The summed E-state index contributed by atoms with van der Waals surface area (Å²) in [7, 11) is 0. The zero-order chi connectivity index (χ0) is 20.1. The molecule has 6 heteroatoms. The number of fused-ring (bicyclic) bond motifs is 1. The smallest absolute Gasteiger partial charge is 0.257 e. The summed E-state index contributed by atoms with van der Waals surface area (Å²) in [6.45, 7) is 7.80. The first-order chi connectivity index (χ1) is 13.5. The van der Waals surface area contributed by atoms with Gasteiger partial charge in [-0.15, -0.1) is 0 Å². The van der Waals surface area contributed by atoms with E-state index in [4.69, 9.17) is 0 Å². The van der Waals surface area contributed by atoms with Crippen LogP contribution in [0.2, 0.25) is 0 Å². The summed E-state index contributed by atoms with van der Waals surface area (Å²) in [5.41, 5.74) is 2.71. The number of benzene rings is 1. The zero-order valence-electron chi connectivity index (χ0n) is 17.0. The van der Waals surface area contributed by atoms with Crippen LogP contribution in [0.25, 0.3) is 0 Å². The van der Waals surface area contributed by atoms with Crippen molar-refractivity contribution in [1.82, 2.24) is 14.5 Å². The van der Waals surface area contributed by atoms with Crippen molar-refractivity contribution < 1.29 is 4.79 Å². The highest BCUT2D eigenvalue weighted by Crippen LogP contribution is 2.27. The van der Waals surface area contributed by atoms with Crippen LogP contribution >= 0.6 is 11.8 Å². The van der Waals surface area contributed by atoms with Crippen LogP contribution in [0, 0.1) is 12.8 Å². The van der Waals surface area contributed by atoms with Crippen LogP contribution in [0.5, 0.6) is 0 Å². The quantitative estimate of drug-likeness (QED) is 0.667. The molecule has 5 nitrogen and oxygen atoms in total. The Balaban J connectivity index is 1.81. The van der Waals surface area contributed by atoms with E-state index in [-0.39, 0.29) is 17.4 Å². The van der Waals surface area contributed by atoms with E-state index in [2.05, 4.69) is 24.0 Å². The van der Waals surface area contributed by atoms with Gasteiger partial charge in [0.15, 0.2) is 5.16 Å². The van der Waals surface area contributed by atoms with E-state index in [0.29, 0.717) is 25.3 Å². The van der Waals surface area contributed by atoms with Crippen molar-refractivity contribution >= 4 is 17.7 Å². The monoisotopic (exact) mass is 399 g/mol. The lowest BCUT2D eigenvalue weighted by Crippen LogP contribution is -2.43. The molecule has 0 saturated heterocycles. The van der Waals surface area contributed by atoms with Gasteiger partial charge in [0.1, 0.15) is 0 Å². The van der Waals surface area contributed by atoms with Gasteiger partial charge in [-0.2, -0.15) is 0 Å². The summed E-state index contributed by atoms with van der Waals surface area (Å²) >= 11 is 1.52. The molecule has 0 saturated carbocycles. The third-order valence-electron chi connectivity index (χ3n) is 5.26. The van der Waals surface area contributed by atoms with Gasteiger partial charge >= 0.3 is 0 Å². The molecule has 0 radical (unpaired) electrons. The number of hydrogen-bond acceptors (Lipinski definition) is 4. The lowest BCUT2D eigenvalue weighted by Gasteiger charge is -2.31. The van der Waals surface area contributed by atoms with Gasteiger partial charge in [-0.05, 0) is 25.3 Å². The fraction of sp³-hybridized carbons (Fsp3) is 0.500. The number of amides is 1. The van der Waals surface area contributed by atoms with Gasteiger partial charge in [-0.3, -0.25) is 14.2 Å². The zero-order valence-corrected chi connectivity index (χ0v) is 17.8. The van der Waals surface area contributed by atoms with Crippen molar-refractivity contribution in [2.75, 3.05) is 12.3 Å². The first kappa shape index (κ1) is 20.6. The average molecular weight is 400 g/mol. The fourth-order valence-corrected chi connectivity index (χ4v) is 4.74. The van der Waals surface area contributed by atoms with Crippen molar-refractivity contribution in [3.63, 3.8) is 0 Å². The predicted octanol–water partition coefficient (Wildman–Crippen LogP) is 3.66. The number of thioether (sulfide) groups is 1. The SMILES string of the molecule is CCCCN(Cc1ccccc1)C(=O)C1CSc2nc(C)c(CC)c(=O)n2C1. The molecule has 28 heavy (non-hydrogen) atoms. The summed E-state index contributed by atoms with van der Waals surface area (Å²) < 4.78 is 1.71. The first-order valence-corrected chi connectivity index (χ1v) is 11.1. The van der Waals surface area contributed by atoms with Crippen LogP contribution in [-0.2, 0) is 24.3 Å². The Labute approximate surface area is 171 Å². The van der Waals surface area contributed by atoms with E-state index >= 15 is 0 Å². The minimum atomic E-state index is -0.190. The molecule has 0 fully saturated rings. The summed E-state index contributed by atoms with van der Waals surface area (Å²) in [4.78, 5) is 32.7. The maximum Gasteiger partial charge on any atom is 0.257 e. The minimum Gasteiger partial charge on any atom is -0.338 e. The molecule has 3 rings (SSSR count). The normalized spacial score (nSPS) is 15.9. The number of carbonyl (C=O) groups excluding carboxylic acids is 1. The van der Waals surface area contributed by atoms with Crippen LogP contribution in [0.15, 0.2) is 40.3 Å². The number of unbranched alkanes of at least 4 members (excludes halogenated alkanes) is 1. The number of hydrogen-bond donors (Lipinski definition) is 0. The van der Waals surface area contributed by atoms with Crippen LogP contribution in [0.4, 0.5) is 0 Å². The van der Waals surface area contributed by atoms with Crippen molar-refractivity contribution in [3.8, 4) is 0 Å².